The zero-order valence-corrected chi connectivity index (χ0v) is 26.0. The second-order valence-electron chi connectivity index (χ2n) is 11.5. The van der Waals surface area contributed by atoms with Crippen molar-refractivity contribution in [3.63, 3.8) is 0 Å². The molecule has 1 aromatic rings. The number of carbonyl (C=O) groups excluding carboxylic acids is 1. The minimum absolute atomic E-state index is 0.00779. The van der Waals surface area contributed by atoms with Gasteiger partial charge in [0.1, 0.15) is 5.75 Å². The molecule has 0 radical (unpaired) electrons. The minimum Gasteiger partial charge on any atom is -0.493 e. The van der Waals surface area contributed by atoms with Gasteiger partial charge in [-0.2, -0.15) is 0 Å². The van der Waals surface area contributed by atoms with Gasteiger partial charge >= 0.3 is 0 Å². The van der Waals surface area contributed by atoms with Crippen molar-refractivity contribution in [2.45, 2.75) is 105 Å². The number of rotatable bonds is 21. The first-order valence-corrected chi connectivity index (χ1v) is 15.1. The van der Waals surface area contributed by atoms with Crippen LogP contribution in [0.2, 0.25) is 0 Å². The predicted octanol–water partition coefficient (Wildman–Crippen LogP) is 5.15. The van der Waals surface area contributed by atoms with Gasteiger partial charge in [-0.1, -0.05) is 53.7 Å². The Kier molecular flexibility index (Phi) is 17.6. The monoisotopic (exact) mass is 550 g/mol. The third-order valence-corrected chi connectivity index (χ3v) is 7.77. The number of carbonyl (C=O) groups is 1. The molecule has 1 aromatic carbocycles. The van der Waals surface area contributed by atoms with Crippen molar-refractivity contribution in [2.75, 3.05) is 33.5 Å². The van der Waals surface area contributed by atoms with Crippen molar-refractivity contribution in [2.24, 2.45) is 29.4 Å². The smallest absolute Gasteiger partial charge is 0.223 e. The Hall–Kier alpha value is -1.67. The zero-order chi connectivity index (χ0) is 29.4. The molecular formula is C32H58N2O5. The number of nitrogens with one attached hydrogen (secondary N) is 1. The van der Waals surface area contributed by atoms with E-state index in [2.05, 4.69) is 51.2 Å². The van der Waals surface area contributed by atoms with E-state index in [9.17, 15) is 9.90 Å². The second kappa shape index (κ2) is 19.4. The fourth-order valence-electron chi connectivity index (χ4n) is 4.96. The SMILES string of the molecule is CCOC(CC)CNC(=O)[C@@H](CC(O)[C@@H](N)C[C@H](Cc1ccc(CC)c(OCCCOC)c1)C(C)C)C(C)C. The first kappa shape index (κ1) is 35.4. The highest BCUT2D eigenvalue weighted by Gasteiger charge is 2.30. The van der Waals surface area contributed by atoms with E-state index < -0.39 is 12.1 Å². The molecular weight excluding hydrogens is 492 g/mol. The summed E-state index contributed by atoms with van der Waals surface area (Å²) in [5.41, 5.74) is 8.99. The van der Waals surface area contributed by atoms with Crippen LogP contribution in [0.25, 0.3) is 0 Å². The number of benzene rings is 1. The summed E-state index contributed by atoms with van der Waals surface area (Å²) >= 11 is 0. The molecule has 0 saturated carbocycles. The Bertz CT molecular complexity index is 801. The number of methoxy groups -OCH3 is 1. The van der Waals surface area contributed by atoms with Gasteiger partial charge in [0.05, 0.1) is 18.8 Å². The van der Waals surface area contributed by atoms with Crippen LogP contribution in [0.4, 0.5) is 0 Å². The van der Waals surface area contributed by atoms with Crippen LogP contribution in [0.1, 0.15) is 85.3 Å². The Balaban J connectivity index is 2.83. The summed E-state index contributed by atoms with van der Waals surface area (Å²) in [5.74, 6) is 1.39. The van der Waals surface area contributed by atoms with E-state index in [0.717, 1.165) is 31.4 Å². The molecule has 0 heterocycles. The van der Waals surface area contributed by atoms with Crippen LogP contribution in [0.3, 0.4) is 0 Å². The van der Waals surface area contributed by atoms with Gasteiger partial charge in [0.2, 0.25) is 5.91 Å². The number of hydrogen-bond donors (Lipinski definition) is 3. The quantitative estimate of drug-likeness (QED) is 0.183. The largest absolute Gasteiger partial charge is 0.493 e. The lowest BCUT2D eigenvalue weighted by atomic mass is 9.80. The van der Waals surface area contributed by atoms with Crippen LogP contribution >= 0.6 is 0 Å². The van der Waals surface area contributed by atoms with Crippen molar-refractivity contribution in [3.05, 3.63) is 29.3 Å². The van der Waals surface area contributed by atoms with Crippen LogP contribution in [0, 0.1) is 23.7 Å². The number of nitrogens with two attached hydrogens (primary N) is 1. The van der Waals surface area contributed by atoms with Crippen molar-refractivity contribution >= 4 is 5.91 Å². The molecule has 226 valence electrons. The first-order valence-electron chi connectivity index (χ1n) is 15.1. The van der Waals surface area contributed by atoms with E-state index in [1.54, 1.807) is 7.11 Å². The summed E-state index contributed by atoms with van der Waals surface area (Å²) in [4.78, 5) is 13.0. The van der Waals surface area contributed by atoms with Crippen molar-refractivity contribution < 1.29 is 24.1 Å². The Labute approximate surface area is 238 Å². The number of hydrogen-bond acceptors (Lipinski definition) is 6. The molecule has 0 spiro atoms. The number of ether oxygens (including phenoxy) is 3. The molecule has 39 heavy (non-hydrogen) atoms. The topological polar surface area (TPSA) is 103 Å². The minimum atomic E-state index is -0.750. The fourth-order valence-corrected chi connectivity index (χ4v) is 4.96. The summed E-state index contributed by atoms with van der Waals surface area (Å²) in [7, 11) is 1.70. The molecule has 0 aromatic heterocycles. The molecule has 4 N–H and O–H groups in total. The third kappa shape index (κ3) is 13.0. The van der Waals surface area contributed by atoms with Crippen molar-refractivity contribution in [3.8, 4) is 5.75 Å². The Morgan fingerprint density at radius 1 is 1.05 bits per heavy atom. The van der Waals surface area contributed by atoms with Gasteiger partial charge in [0.25, 0.3) is 0 Å². The molecule has 0 saturated heterocycles. The van der Waals surface area contributed by atoms with Gasteiger partial charge < -0.3 is 30.4 Å². The molecule has 2 unspecified atom stereocenters. The number of amides is 1. The molecule has 0 aliphatic carbocycles. The average Bonchev–Trinajstić information content (AvgIpc) is 2.91. The normalized spacial score (nSPS) is 15.7. The molecule has 1 amide bonds. The Morgan fingerprint density at radius 3 is 2.33 bits per heavy atom. The van der Waals surface area contributed by atoms with Crippen LogP contribution in [-0.2, 0) is 27.1 Å². The van der Waals surface area contributed by atoms with E-state index in [4.69, 9.17) is 19.9 Å². The maximum atomic E-state index is 13.0. The molecule has 7 nitrogen and oxygen atoms in total. The van der Waals surface area contributed by atoms with E-state index in [0.29, 0.717) is 51.0 Å². The molecule has 0 bridgehead atoms. The highest BCUT2D eigenvalue weighted by molar-refractivity contribution is 5.78. The van der Waals surface area contributed by atoms with E-state index >= 15 is 0 Å². The molecule has 1 rings (SSSR count). The average molecular weight is 551 g/mol. The summed E-state index contributed by atoms with van der Waals surface area (Å²) in [5, 5.41) is 14.1. The van der Waals surface area contributed by atoms with Crippen LogP contribution in [0.15, 0.2) is 18.2 Å². The third-order valence-electron chi connectivity index (χ3n) is 7.77. The van der Waals surface area contributed by atoms with Gasteiger partial charge in [-0.3, -0.25) is 4.79 Å². The van der Waals surface area contributed by atoms with Gasteiger partial charge in [0.15, 0.2) is 0 Å². The fraction of sp³-hybridized carbons (Fsp3) is 0.781. The van der Waals surface area contributed by atoms with Gasteiger partial charge in [0, 0.05) is 45.2 Å². The highest BCUT2D eigenvalue weighted by atomic mass is 16.5. The molecule has 5 atom stereocenters. The summed E-state index contributed by atoms with van der Waals surface area (Å²) in [6.07, 6.45) is 3.77. The summed E-state index contributed by atoms with van der Waals surface area (Å²) in [6.45, 7) is 17.0. The Morgan fingerprint density at radius 2 is 1.77 bits per heavy atom. The first-order chi connectivity index (χ1) is 18.6. The van der Waals surface area contributed by atoms with E-state index in [-0.39, 0.29) is 23.8 Å². The standard InChI is InChI=1S/C32H58N2O5/c1-9-25-14-13-24(18-31(25)39-16-12-15-37-8)17-26(22(4)5)19-29(33)30(35)20-28(23(6)7)32(36)34-21-27(10-2)38-11-3/h13-14,18,22-23,26-30,35H,9-12,15-17,19-21,33H2,1-8H3,(H,34,36)/t26-,27?,28-,29-,30?/m0/s1. The van der Waals surface area contributed by atoms with E-state index in [1.807, 2.05) is 20.8 Å². The van der Waals surface area contributed by atoms with Gasteiger partial charge in [-0.15, -0.1) is 0 Å². The van der Waals surface area contributed by atoms with Gasteiger partial charge in [-0.25, -0.2) is 0 Å². The molecule has 0 aliphatic rings. The zero-order valence-electron chi connectivity index (χ0n) is 26.0. The van der Waals surface area contributed by atoms with Gasteiger partial charge in [-0.05, 0) is 74.0 Å². The lowest BCUT2D eigenvalue weighted by Crippen LogP contribution is -2.44. The van der Waals surface area contributed by atoms with Crippen molar-refractivity contribution in [1.82, 2.24) is 5.32 Å². The second-order valence-corrected chi connectivity index (χ2v) is 11.5. The number of aliphatic hydroxyl groups excluding tert-OH is 1. The van der Waals surface area contributed by atoms with Crippen LogP contribution < -0.4 is 15.8 Å². The number of aliphatic hydroxyl groups is 1. The number of aryl methyl sites for hydroxylation is 1. The lowest BCUT2D eigenvalue weighted by Gasteiger charge is -2.30. The summed E-state index contributed by atoms with van der Waals surface area (Å²) in [6, 6.07) is 6.10. The molecule has 7 heteroatoms. The van der Waals surface area contributed by atoms with Crippen molar-refractivity contribution in [1.29, 1.82) is 0 Å². The lowest BCUT2D eigenvalue weighted by molar-refractivity contribution is -0.128. The molecule has 0 aliphatic heterocycles. The predicted molar refractivity (Wildman–Crippen MR) is 160 cm³/mol. The maximum absolute atomic E-state index is 13.0. The van der Waals surface area contributed by atoms with Crippen LogP contribution in [-0.4, -0.2) is 62.7 Å². The van der Waals surface area contributed by atoms with E-state index in [1.165, 1.54) is 11.1 Å². The summed E-state index contributed by atoms with van der Waals surface area (Å²) < 4.78 is 16.9. The maximum Gasteiger partial charge on any atom is 0.223 e. The highest BCUT2D eigenvalue weighted by Crippen LogP contribution is 2.28. The molecule has 0 fully saturated rings. The van der Waals surface area contributed by atoms with Crippen LogP contribution in [0.5, 0.6) is 5.75 Å².